The fourth-order valence-electron chi connectivity index (χ4n) is 1.49. The molecule has 2 rings (SSSR count). The second-order valence-corrected chi connectivity index (χ2v) is 4.62. The highest BCUT2D eigenvalue weighted by molar-refractivity contribution is 7.13. The lowest BCUT2D eigenvalue weighted by Gasteiger charge is -2.13. The fourth-order valence-corrected chi connectivity index (χ4v) is 2.14. The monoisotopic (exact) mass is 295 g/mol. The van der Waals surface area contributed by atoms with Crippen molar-refractivity contribution in [3.63, 3.8) is 0 Å². The lowest BCUT2D eigenvalue weighted by atomic mass is 10.0. The minimum absolute atomic E-state index is 0.112. The van der Waals surface area contributed by atoms with E-state index in [-0.39, 0.29) is 11.6 Å². The van der Waals surface area contributed by atoms with E-state index in [2.05, 4.69) is 6.07 Å². The second-order valence-electron chi connectivity index (χ2n) is 3.71. The smallest absolute Gasteiger partial charge is 0.166 e. The van der Waals surface area contributed by atoms with E-state index in [1.165, 1.54) is 11.4 Å². The molecule has 0 saturated carbocycles. The third kappa shape index (κ3) is 3.09. The molecular formula is C12H5F6S. The Morgan fingerprint density at radius 2 is 1.37 bits per heavy atom. The average Bonchev–Trinajstić information content (AvgIpc) is 2.79. The molecule has 0 N–H and O–H groups in total. The number of benzene rings is 1. The first-order chi connectivity index (χ1) is 8.68. The van der Waals surface area contributed by atoms with Crippen LogP contribution >= 0.6 is 11.3 Å². The van der Waals surface area contributed by atoms with Crippen LogP contribution in [-0.2, 0) is 12.4 Å². The average molecular weight is 295 g/mol. The molecular weight excluding hydrogens is 290 g/mol. The van der Waals surface area contributed by atoms with Crippen molar-refractivity contribution in [2.24, 2.45) is 0 Å². The van der Waals surface area contributed by atoms with E-state index in [0.29, 0.717) is 17.0 Å². The van der Waals surface area contributed by atoms with Gasteiger partial charge in [-0.3, -0.25) is 0 Å². The van der Waals surface area contributed by atoms with Gasteiger partial charge in [0.1, 0.15) is 0 Å². The summed E-state index contributed by atoms with van der Waals surface area (Å²) >= 11 is 1.02. The Hall–Kier alpha value is -1.50. The van der Waals surface area contributed by atoms with Crippen molar-refractivity contribution >= 4 is 11.3 Å². The predicted molar refractivity (Wildman–Crippen MR) is 58.6 cm³/mol. The molecule has 0 saturated heterocycles. The van der Waals surface area contributed by atoms with Crippen molar-refractivity contribution in [2.75, 3.05) is 0 Å². The zero-order valence-electron chi connectivity index (χ0n) is 9.06. The highest BCUT2D eigenvalue weighted by Gasteiger charge is 2.37. The molecule has 0 fully saturated rings. The second kappa shape index (κ2) is 4.56. The van der Waals surface area contributed by atoms with Crippen LogP contribution in [0.4, 0.5) is 26.3 Å². The van der Waals surface area contributed by atoms with E-state index < -0.39 is 23.5 Å². The molecule has 101 valence electrons. The van der Waals surface area contributed by atoms with Gasteiger partial charge in [0.05, 0.1) is 11.1 Å². The van der Waals surface area contributed by atoms with E-state index in [0.717, 1.165) is 11.3 Å². The minimum Gasteiger partial charge on any atom is -0.166 e. The quantitative estimate of drug-likeness (QED) is 0.630. The van der Waals surface area contributed by atoms with Crippen LogP contribution in [0.15, 0.2) is 29.6 Å². The third-order valence-corrected chi connectivity index (χ3v) is 3.20. The molecule has 1 aromatic carbocycles. The summed E-state index contributed by atoms with van der Waals surface area (Å²) in [4.78, 5) is 0.302. The molecule has 19 heavy (non-hydrogen) atoms. The summed E-state index contributed by atoms with van der Waals surface area (Å²) < 4.78 is 75.6. The molecule has 0 aliphatic rings. The van der Waals surface area contributed by atoms with Crippen LogP contribution in [0.3, 0.4) is 0 Å². The summed E-state index contributed by atoms with van der Waals surface area (Å²) in [6, 6.07) is 5.47. The molecule has 0 nitrogen and oxygen atoms in total. The summed E-state index contributed by atoms with van der Waals surface area (Å²) in [7, 11) is 0. The Labute approximate surface area is 108 Å². The van der Waals surface area contributed by atoms with Gasteiger partial charge in [0, 0.05) is 4.88 Å². The SMILES string of the molecule is FC(F)(F)c1cc(-c2c[c]cs2)cc(C(F)(F)F)c1. The van der Waals surface area contributed by atoms with Gasteiger partial charge in [0.15, 0.2) is 0 Å². The molecule has 1 radical (unpaired) electrons. The first-order valence-electron chi connectivity index (χ1n) is 4.92. The molecule has 0 aliphatic carbocycles. The van der Waals surface area contributed by atoms with Gasteiger partial charge < -0.3 is 0 Å². The van der Waals surface area contributed by atoms with Gasteiger partial charge in [-0.1, -0.05) is 0 Å². The predicted octanol–water partition coefficient (Wildman–Crippen LogP) is 5.25. The molecule has 0 unspecified atom stereocenters. The van der Waals surface area contributed by atoms with E-state index >= 15 is 0 Å². The van der Waals surface area contributed by atoms with Crippen LogP contribution in [0.25, 0.3) is 10.4 Å². The summed E-state index contributed by atoms with van der Waals surface area (Å²) in [6.45, 7) is 0. The highest BCUT2D eigenvalue weighted by atomic mass is 32.1. The Morgan fingerprint density at radius 1 is 0.842 bits per heavy atom. The minimum atomic E-state index is -4.82. The van der Waals surface area contributed by atoms with E-state index in [9.17, 15) is 26.3 Å². The van der Waals surface area contributed by atoms with Gasteiger partial charge in [-0.05, 0) is 41.3 Å². The molecule has 1 heterocycles. The van der Waals surface area contributed by atoms with Crippen molar-refractivity contribution in [1.29, 1.82) is 0 Å². The maximum absolute atomic E-state index is 12.6. The largest absolute Gasteiger partial charge is 0.416 e. The number of halogens is 6. The normalized spacial score (nSPS) is 12.7. The van der Waals surface area contributed by atoms with E-state index in [1.54, 1.807) is 0 Å². The van der Waals surface area contributed by atoms with Gasteiger partial charge in [-0.2, -0.15) is 26.3 Å². The standard InChI is InChI=1S/C12H5F6S/c13-11(14,15)8-4-7(10-2-1-3-19-10)5-9(6-8)12(16,17)18/h2-6H. The van der Waals surface area contributed by atoms with Crippen LogP contribution in [0, 0.1) is 6.07 Å². The lowest BCUT2D eigenvalue weighted by Crippen LogP contribution is -2.10. The molecule has 2 aromatic rings. The zero-order valence-corrected chi connectivity index (χ0v) is 9.88. The Balaban J connectivity index is 2.62. The Kier molecular flexibility index (Phi) is 3.34. The van der Waals surface area contributed by atoms with Gasteiger partial charge in [0.25, 0.3) is 0 Å². The van der Waals surface area contributed by atoms with E-state index in [4.69, 9.17) is 0 Å². The number of thiophene rings is 1. The van der Waals surface area contributed by atoms with Crippen LogP contribution in [-0.4, -0.2) is 0 Å². The van der Waals surface area contributed by atoms with Crippen molar-refractivity contribution in [2.45, 2.75) is 12.4 Å². The van der Waals surface area contributed by atoms with Gasteiger partial charge in [0.2, 0.25) is 0 Å². The van der Waals surface area contributed by atoms with Crippen molar-refractivity contribution in [3.05, 3.63) is 46.8 Å². The first-order valence-corrected chi connectivity index (χ1v) is 5.80. The maximum atomic E-state index is 12.6. The third-order valence-electron chi connectivity index (χ3n) is 2.34. The van der Waals surface area contributed by atoms with Crippen molar-refractivity contribution in [3.8, 4) is 10.4 Å². The summed E-state index contributed by atoms with van der Waals surface area (Å²) in [5.74, 6) is 0. The highest BCUT2D eigenvalue weighted by Crippen LogP contribution is 2.39. The Bertz CT molecular complexity index is 533. The number of hydrogen-bond acceptors (Lipinski definition) is 1. The van der Waals surface area contributed by atoms with Gasteiger partial charge in [-0.25, -0.2) is 0 Å². The molecule has 0 amide bonds. The lowest BCUT2D eigenvalue weighted by molar-refractivity contribution is -0.143. The summed E-state index contributed by atoms with van der Waals surface area (Å²) in [5.41, 5.74) is -2.75. The van der Waals surface area contributed by atoms with Crippen LogP contribution in [0.5, 0.6) is 0 Å². The zero-order chi connectivity index (χ0) is 14.3. The first kappa shape index (κ1) is 13.9. The summed E-state index contributed by atoms with van der Waals surface area (Å²) in [5, 5.41) is 1.46. The topological polar surface area (TPSA) is 0 Å². The molecule has 1 aromatic heterocycles. The molecule has 0 bridgehead atoms. The number of rotatable bonds is 1. The maximum Gasteiger partial charge on any atom is 0.416 e. The van der Waals surface area contributed by atoms with Crippen LogP contribution in [0.1, 0.15) is 11.1 Å². The van der Waals surface area contributed by atoms with Gasteiger partial charge in [-0.15, -0.1) is 11.3 Å². The van der Waals surface area contributed by atoms with Crippen LogP contribution in [0.2, 0.25) is 0 Å². The number of hydrogen-bond donors (Lipinski definition) is 0. The fraction of sp³-hybridized carbons (Fsp3) is 0.167. The van der Waals surface area contributed by atoms with Crippen LogP contribution < -0.4 is 0 Å². The molecule has 0 aliphatic heterocycles. The number of alkyl halides is 6. The summed E-state index contributed by atoms with van der Waals surface area (Å²) in [6.07, 6.45) is -9.64. The Morgan fingerprint density at radius 3 is 1.74 bits per heavy atom. The molecule has 0 spiro atoms. The van der Waals surface area contributed by atoms with E-state index in [1.807, 2.05) is 0 Å². The van der Waals surface area contributed by atoms with Crippen molar-refractivity contribution in [1.82, 2.24) is 0 Å². The molecule has 7 heteroatoms. The molecule has 0 atom stereocenters. The van der Waals surface area contributed by atoms with Gasteiger partial charge >= 0.3 is 12.4 Å². The van der Waals surface area contributed by atoms with Crippen molar-refractivity contribution < 1.29 is 26.3 Å².